The van der Waals surface area contributed by atoms with Crippen molar-refractivity contribution in [3.63, 3.8) is 0 Å². The lowest BCUT2D eigenvalue weighted by Crippen LogP contribution is -2.30. The number of aliphatic hydroxyl groups excluding tert-OH is 1. The van der Waals surface area contributed by atoms with Gasteiger partial charge in [-0.1, -0.05) is 295 Å². The van der Waals surface area contributed by atoms with Crippen LogP contribution in [0.4, 0.5) is 0 Å². The van der Waals surface area contributed by atoms with Gasteiger partial charge in [-0.3, -0.25) is 37.3 Å². The zero-order valence-corrected chi connectivity index (χ0v) is 69.7. The first-order valence-electron chi connectivity index (χ1n) is 40.6. The summed E-state index contributed by atoms with van der Waals surface area (Å²) in [5.41, 5.74) is 0. The maximum atomic E-state index is 13.1. The molecule has 0 aliphatic carbocycles. The quantitative estimate of drug-likeness (QED) is 0.0169. The molecule has 0 aliphatic rings. The topological polar surface area (TPSA) is 237 Å². The molecule has 0 heterocycles. The zero-order valence-electron chi connectivity index (χ0n) is 68.0. The fraction of sp³-hybridized carbons (Fsp3) is 0.484. The lowest BCUT2D eigenvalue weighted by atomic mass is 10.2. The molecule has 0 spiro atoms. The molecule has 0 saturated heterocycles. The van der Waals surface area contributed by atoms with E-state index in [1.54, 1.807) is 0 Å². The average molecular weight is 1590 g/mol. The van der Waals surface area contributed by atoms with Crippen LogP contribution in [-0.4, -0.2) is 96.7 Å². The number of carbonyl (C=O) groups excluding carboxylic acids is 4. The fourth-order valence-corrected chi connectivity index (χ4v) is 10.8. The molecule has 0 amide bonds. The summed E-state index contributed by atoms with van der Waals surface area (Å²) in [4.78, 5) is 73.1. The van der Waals surface area contributed by atoms with Gasteiger partial charge in [-0.05, 0) is 180 Å². The Hall–Kier alpha value is -7.66. The molecule has 0 aromatic carbocycles. The van der Waals surface area contributed by atoms with Crippen LogP contribution < -0.4 is 0 Å². The minimum absolute atomic E-state index is 0.00802. The van der Waals surface area contributed by atoms with Crippen LogP contribution in [-0.2, 0) is 65.4 Å². The second-order valence-corrected chi connectivity index (χ2v) is 28.4. The summed E-state index contributed by atoms with van der Waals surface area (Å²) in [5, 5.41) is 10.7. The number of phosphoric ester groups is 2. The molecule has 0 bridgehead atoms. The standard InChI is InChI=1S/C93H138O17P2/c1-5-9-13-17-21-25-29-33-37-41-43-47-49-53-57-61-65-69-73-77-90(95)103-83-88(109-92(97)79-75-71-67-63-59-55-51-45-39-35-31-27-23-19-15-11-7-3)85-107-111(99,100)105-81-87(94)82-106-112(101,102)108-86-89(110-93(98)80-76-72-68-64-60-56-52-46-40-36-32-28-24-20-16-12-8-4)84-104-91(96)78-74-70-66-62-58-54-50-48-44-42-38-34-30-26-22-18-14-10-6-2/h9-16,21-28,33-40,43-44,47-48,51-58,63-70,87-89,94H,5-8,17-20,29-32,41-42,45-46,49-50,59-62,71-86H2,1-4H3,(H,99,100)(H,101,102)/b13-9-,14-10-,15-11-,16-12-,25-21-,26-22-,27-23-,28-24-,37-33-,38-34-,39-35-,40-36-,47-43-,48-44-,55-51-,56-52-,57-53-,58-54-,67-63-,68-64-,69-65-,70-66-. The number of hydrogen-bond donors (Lipinski definition) is 3. The number of rotatable bonds is 72. The van der Waals surface area contributed by atoms with E-state index in [1.165, 1.54) is 0 Å². The Morgan fingerprint density at radius 2 is 0.438 bits per heavy atom. The zero-order chi connectivity index (χ0) is 81.7. The van der Waals surface area contributed by atoms with Crippen molar-refractivity contribution in [3.05, 3.63) is 267 Å². The highest BCUT2D eigenvalue weighted by molar-refractivity contribution is 7.47. The first kappa shape index (κ1) is 104. The molecule has 112 heavy (non-hydrogen) atoms. The normalized spacial score (nSPS) is 15.2. The van der Waals surface area contributed by atoms with Crippen molar-refractivity contribution in [2.45, 2.75) is 251 Å². The molecule has 4 atom stereocenters. The van der Waals surface area contributed by atoms with Crippen molar-refractivity contribution in [2.75, 3.05) is 39.6 Å². The molecule has 622 valence electrons. The van der Waals surface area contributed by atoms with E-state index in [-0.39, 0.29) is 25.7 Å². The summed E-state index contributed by atoms with van der Waals surface area (Å²) in [7, 11) is -10.1. The van der Waals surface area contributed by atoms with Crippen LogP contribution in [0.1, 0.15) is 233 Å². The lowest BCUT2D eigenvalue weighted by Gasteiger charge is -2.21. The molecule has 0 aromatic rings. The molecule has 0 aliphatic heterocycles. The Kier molecular flexibility index (Phi) is 75.8. The van der Waals surface area contributed by atoms with Crippen LogP contribution in [0.5, 0.6) is 0 Å². The van der Waals surface area contributed by atoms with Gasteiger partial charge in [0.25, 0.3) is 0 Å². The van der Waals surface area contributed by atoms with E-state index in [9.17, 15) is 43.2 Å². The predicted octanol–water partition coefficient (Wildman–Crippen LogP) is 24.3. The third kappa shape index (κ3) is 80.4. The molecule has 4 unspecified atom stereocenters. The molecule has 0 saturated carbocycles. The van der Waals surface area contributed by atoms with Gasteiger partial charge in [0.05, 0.1) is 26.4 Å². The summed E-state index contributed by atoms with van der Waals surface area (Å²) in [5.74, 6) is -2.55. The summed E-state index contributed by atoms with van der Waals surface area (Å²) < 4.78 is 68.4. The number of allylic oxidation sites excluding steroid dienone is 44. The second kappa shape index (κ2) is 81.4. The number of esters is 4. The van der Waals surface area contributed by atoms with Gasteiger partial charge < -0.3 is 33.8 Å². The molecule has 0 fully saturated rings. The van der Waals surface area contributed by atoms with Crippen LogP contribution in [0.15, 0.2) is 267 Å². The van der Waals surface area contributed by atoms with Crippen molar-refractivity contribution in [2.24, 2.45) is 0 Å². The average Bonchev–Trinajstić information content (AvgIpc) is 0.895. The van der Waals surface area contributed by atoms with Gasteiger partial charge in [-0.15, -0.1) is 0 Å². The summed E-state index contributed by atoms with van der Waals surface area (Å²) in [6.07, 6.45) is 110. The lowest BCUT2D eigenvalue weighted by molar-refractivity contribution is -0.161. The van der Waals surface area contributed by atoms with E-state index in [1.807, 2.05) is 60.8 Å². The fourth-order valence-electron chi connectivity index (χ4n) is 9.22. The minimum atomic E-state index is -5.04. The molecule has 0 radical (unpaired) electrons. The van der Waals surface area contributed by atoms with E-state index >= 15 is 0 Å². The Balaban J connectivity index is 5.66. The van der Waals surface area contributed by atoms with Crippen molar-refractivity contribution in [3.8, 4) is 0 Å². The van der Waals surface area contributed by atoms with Crippen molar-refractivity contribution in [1.82, 2.24) is 0 Å². The number of unbranched alkanes of at least 4 members (excludes halogenated alkanes) is 2. The molecule has 19 heteroatoms. The Labute approximate surface area is 674 Å². The smallest absolute Gasteiger partial charge is 0.462 e. The summed E-state index contributed by atoms with van der Waals surface area (Å²) >= 11 is 0. The van der Waals surface area contributed by atoms with Crippen LogP contribution >= 0.6 is 15.6 Å². The van der Waals surface area contributed by atoms with Gasteiger partial charge in [0.1, 0.15) is 19.3 Å². The van der Waals surface area contributed by atoms with Gasteiger partial charge >= 0.3 is 39.5 Å². The van der Waals surface area contributed by atoms with Gasteiger partial charge in [-0.2, -0.15) is 0 Å². The van der Waals surface area contributed by atoms with Crippen molar-refractivity contribution >= 4 is 39.5 Å². The van der Waals surface area contributed by atoms with Gasteiger partial charge in [-0.25, -0.2) is 9.13 Å². The van der Waals surface area contributed by atoms with Crippen LogP contribution in [0.25, 0.3) is 0 Å². The molecule has 0 rings (SSSR count). The highest BCUT2D eigenvalue weighted by atomic mass is 31.2. The van der Waals surface area contributed by atoms with E-state index in [2.05, 4.69) is 234 Å². The highest BCUT2D eigenvalue weighted by Crippen LogP contribution is 2.45. The van der Waals surface area contributed by atoms with Crippen molar-refractivity contribution < 1.29 is 80.2 Å². The third-order valence-corrected chi connectivity index (χ3v) is 17.1. The number of phosphoric acid groups is 2. The van der Waals surface area contributed by atoms with E-state index in [0.29, 0.717) is 51.4 Å². The number of ether oxygens (including phenoxy) is 4. The predicted molar refractivity (Wildman–Crippen MR) is 463 cm³/mol. The molecule has 17 nitrogen and oxygen atoms in total. The number of aliphatic hydroxyl groups is 1. The monoisotopic (exact) mass is 1590 g/mol. The van der Waals surface area contributed by atoms with Crippen LogP contribution in [0.3, 0.4) is 0 Å². The Bertz CT molecular complexity index is 2980. The molecular formula is C93H138O17P2. The van der Waals surface area contributed by atoms with Crippen LogP contribution in [0.2, 0.25) is 0 Å². The Morgan fingerprint density at radius 1 is 0.250 bits per heavy atom. The first-order chi connectivity index (χ1) is 54.7. The largest absolute Gasteiger partial charge is 0.472 e. The third-order valence-electron chi connectivity index (χ3n) is 15.2. The maximum Gasteiger partial charge on any atom is 0.472 e. The van der Waals surface area contributed by atoms with Crippen LogP contribution in [0, 0.1) is 0 Å². The minimum Gasteiger partial charge on any atom is -0.462 e. The van der Waals surface area contributed by atoms with Gasteiger partial charge in [0, 0.05) is 25.7 Å². The van der Waals surface area contributed by atoms with Crippen molar-refractivity contribution in [1.29, 1.82) is 0 Å². The maximum absolute atomic E-state index is 13.1. The SMILES string of the molecule is CC/C=C\C/C=C\C/C=C\C/C=C\C/C=C\C/C=C\CCC(=O)OCC(COP(=O)(O)OCC(O)COP(=O)(O)OCC(COC(=O)CC/C=C\C/C=C\C/C=C\C/C=C\C/C=C\C/C=C\CC)OC(=O)CCC/C=C\C/C=C\C/C=C\C/C=C\C/C=C\CC)OC(=O)CCC/C=C\C/C=C\C/C=C\C/C=C\C/C=C\CC. The Morgan fingerprint density at radius 3 is 0.652 bits per heavy atom. The summed E-state index contributed by atoms with van der Waals surface area (Å²) in [6.45, 7) is 4.04. The second-order valence-electron chi connectivity index (χ2n) is 25.5. The molecule has 0 aromatic heterocycles. The molecule has 3 N–H and O–H groups in total. The first-order valence-corrected chi connectivity index (χ1v) is 43.6. The molecular weight excluding hydrogens is 1450 g/mol. The van der Waals surface area contributed by atoms with Gasteiger partial charge in [0.15, 0.2) is 12.2 Å². The van der Waals surface area contributed by atoms with E-state index in [4.69, 9.17) is 37.0 Å². The van der Waals surface area contributed by atoms with Gasteiger partial charge in [0.2, 0.25) is 0 Å². The number of hydrogen-bond acceptors (Lipinski definition) is 15. The van der Waals surface area contributed by atoms with E-state index < -0.39 is 97.5 Å². The highest BCUT2D eigenvalue weighted by Gasteiger charge is 2.30. The van der Waals surface area contributed by atoms with E-state index in [0.717, 1.165) is 128 Å². The number of carbonyl (C=O) groups is 4. The summed E-state index contributed by atoms with van der Waals surface area (Å²) in [6, 6.07) is 0.